The van der Waals surface area contributed by atoms with Crippen LogP contribution in [-0.2, 0) is 27.9 Å². The van der Waals surface area contributed by atoms with Crippen molar-refractivity contribution in [1.29, 1.82) is 0 Å². The van der Waals surface area contributed by atoms with E-state index in [1.54, 1.807) is 6.07 Å². The molecule has 3 aliphatic heterocycles. The molecule has 2 aromatic rings. The maximum absolute atomic E-state index is 14.1. The van der Waals surface area contributed by atoms with Crippen LogP contribution in [0.25, 0.3) is 0 Å². The number of amides is 1. The van der Waals surface area contributed by atoms with E-state index in [0.717, 1.165) is 62.9 Å². The lowest BCUT2D eigenvalue weighted by molar-refractivity contribution is -0.180. The number of halogens is 4. The lowest BCUT2D eigenvalue weighted by Crippen LogP contribution is -2.60. The molecule has 232 valence electrons. The fourth-order valence-electron chi connectivity index (χ4n) is 7.40. The highest BCUT2D eigenvalue weighted by Gasteiger charge is 2.56. The second-order valence-corrected chi connectivity index (χ2v) is 12.8. The zero-order valence-electron chi connectivity index (χ0n) is 24.0. The number of alkyl halides is 3. The van der Waals surface area contributed by atoms with Crippen LogP contribution >= 0.6 is 0 Å². The average Bonchev–Trinajstić information content (AvgIpc) is 3.82. The number of ether oxygens (including phenoxy) is 1. The molecule has 3 fully saturated rings. The zero-order valence-corrected chi connectivity index (χ0v) is 24.0. The number of aromatic carboxylic acids is 1. The van der Waals surface area contributed by atoms with E-state index < -0.39 is 34.7 Å². The summed E-state index contributed by atoms with van der Waals surface area (Å²) in [5.41, 5.74) is -2.16. The van der Waals surface area contributed by atoms with Gasteiger partial charge in [-0.1, -0.05) is 12.1 Å². The Kier molecular flexibility index (Phi) is 7.58. The van der Waals surface area contributed by atoms with Gasteiger partial charge in [-0.15, -0.1) is 0 Å². The van der Waals surface area contributed by atoms with Crippen molar-refractivity contribution in [3.8, 4) is 0 Å². The highest BCUT2D eigenvalue weighted by molar-refractivity contribution is 5.88. The summed E-state index contributed by atoms with van der Waals surface area (Å²) in [7, 11) is 0. The van der Waals surface area contributed by atoms with Crippen LogP contribution in [0, 0.1) is 11.7 Å². The van der Waals surface area contributed by atoms with Crippen molar-refractivity contribution < 1.29 is 42.1 Å². The Morgan fingerprint density at radius 1 is 1.02 bits per heavy atom. The van der Waals surface area contributed by atoms with E-state index >= 15 is 0 Å². The Hall–Kier alpha value is -3.02. The quantitative estimate of drug-likeness (QED) is 0.451. The van der Waals surface area contributed by atoms with E-state index in [1.165, 1.54) is 30.0 Å². The lowest BCUT2D eigenvalue weighted by atomic mass is 9.81. The standard InChI is InChI=1S/C32H36F4N2O5/c1-30(42)18-38(16-21-14-23(32(34,35)36)5-6-26(21)30)29(41)31(22-3-4-22)11-8-24(17-43-31)37-12-9-19(10-13-37)20-2-7-27(33)25(15-20)28(39)40/h2,5-7,14-15,19,22,24,42H,3-4,8-13,16-18H2,1H3,(H,39,40)/t24?,30-,31+/m1/s1. The van der Waals surface area contributed by atoms with Gasteiger partial charge < -0.3 is 19.8 Å². The number of aliphatic hydroxyl groups is 1. The molecule has 0 spiro atoms. The summed E-state index contributed by atoms with van der Waals surface area (Å²) in [5.74, 6) is -2.12. The molecule has 2 N–H and O–H groups in total. The minimum atomic E-state index is -4.53. The van der Waals surface area contributed by atoms with Crippen molar-refractivity contribution in [3.05, 3.63) is 70.0 Å². The van der Waals surface area contributed by atoms with Crippen molar-refractivity contribution in [2.45, 2.75) is 81.3 Å². The highest BCUT2D eigenvalue weighted by atomic mass is 19.4. The Bertz CT molecular complexity index is 1410. The first-order valence-electron chi connectivity index (χ1n) is 14.9. The highest BCUT2D eigenvalue weighted by Crippen LogP contribution is 2.49. The first kappa shape index (κ1) is 30.0. The summed E-state index contributed by atoms with van der Waals surface area (Å²) in [5, 5.41) is 20.5. The van der Waals surface area contributed by atoms with Gasteiger partial charge in [0.25, 0.3) is 5.91 Å². The molecule has 0 radical (unpaired) electrons. The maximum Gasteiger partial charge on any atom is 0.416 e. The van der Waals surface area contributed by atoms with E-state index in [4.69, 9.17) is 4.74 Å². The van der Waals surface area contributed by atoms with Crippen molar-refractivity contribution in [2.24, 2.45) is 5.92 Å². The number of rotatable bonds is 5. The third kappa shape index (κ3) is 5.67. The number of carbonyl (C=O) groups excluding carboxylic acids is 1. The van der Waals surface area contributed by atoms with Crippen LogP contribution in [0.15, 0.2) is 36.4 Å². The number of likely N-dealkylation sites (tertiary alicyclic amines) is 1. The molecule has 4 aliphatic rings. The molecule has 1 amide bonds. The number of hydrogen-bond acceptors (Lipinski definition) is 5. The normalized spacial score (nSPS) is 28.9. The van der Waals surface area contributed by atoms with Crippen LogP contribution in [0.2, 0.25) is 0 Å². The molecule has 3 atom stereocenters. The van der Waals surface area contributed by atoms with Gasteiger partial charge in [0, 0.05) is 12.6 Å². The van der Waals surface area contributed by atoms with Gasteiger partial charge in [0.05, 0.1) is 24.3 Å². The number of hydrogen-bond donors (Lipinski definition) is 2. The van der Waals surface area contributed by atoms with Gasteiger partial charge in [-0.2, -0.15) is 13.2 Å². The first-order chi connectivity index (χ1) is 20.3. The van der Waals surface area contributed by atoms with Gasteiger partial charge in [0.2, 0.25) is 0 Å². The molecule has 0 aromatic heterocycles. The smallest absolute Gasteiger partial charge is 0.416 e. The van der Waals surface area contributed by atoms with E-state index in [0.29, 0.717) is 24.2 Å². The Morgan fingerprint density at radius 3 is 2.35 bits per heavy atom. The molecule has 2 saturated heterocycles. The van der Waals surface area contributed by atoms with E-state index in [9.17, 15) is 37.4 Å². The van der Waals surface area contributed by atoms with Gasteiger partial charge in [-0.3, -0.25) is 9.69 Å². The molecular formula is C32H36F4N2O5. The molecule has 11 heteroatoms. The molecule has 1 aliphatic carbocycles. The number of carboxylic acid groups (broad SMARTS) is 1. The number of carboxylic acids is 1. The molecule has 3 heterocycles. The second kappa shape index (κ2) is 10.9. The number of β-amino-alcohol motifs (C(OH)–C–C–N with tert-alkyl or cyclic N) is 1. The number of fused-ring (bicyclic) bond motifs is 1. The average molecular weight is 605 g/mol. The number of benzene rings is 2. The monoisotopic (exact) mass is 604 g/mol. The Labute approximate surface area is 247 Å². The van der Waals surface area contributed by atoms with Crippen molar-refractivity contribution >= 4 is 11.9 Å². The van der Waals surface area contributed by atoms with Gasteiger partial charge >= 0.3 is 12.1 Å². The van der Waals surface area contributed by atoms with Crippen LogP contribution in [-0.4, -0.2) is 69.8 Å². The van der Waals surface area contributed by atoms with Gasteiger partial charge in [0.1, 0.15) is 17.0 Å². The van der Waals surface area contributed by atoms with Gasteiger partial charge in [0.15, 0.2) is 0 Å². The predicted octanol–water partition coefficient (Wildman–Crippen LogP) is 5.30. The summed E-state index contributed by atoms with van der Waals surface area (Å²) in [6.45, 7) is 3.36. The second-order valence-electron chi connectivity index (χ2n) is 12.8. The summed E-state index contributed by atoms with van der Waals surface area (Å²) in [6.07, 6.45) is -0.0422. The minimum absolute atomic E-state index is 0.0179. The molecule has 6 rings (SSSR count). The maximum atomic E-state index is 14.1. The third-order valence-corrected chi connectivity index (χ3v) is 9.88. The Balaban J connectivity index is 1.12. The van der Waals surface area contributed by atoms with Gasteiger partial charge in [-0.05, 0) is 111 Å². The molecule has 2 aromatic carbocycles. The Morgan fingerprint density at radius 2 is 1.74 bits per heavy atom. The lowest BCUT2D eigenvalue weighted by Gasteiger charge is -2.48. The van der Waals surface area contributed by atoms with E-state index in [-0.39, 0.29) is 42.4 Å². The molecular weight excluding hydrogens is 568 g/mol. The zero-order chi connectivity index (χ0) is 30.7. The molecule has 1 unspecified atom stereocenters. The van der Waals surface area contributed by atoms with Crippen molar-refractivity contribution in [1.82, 2.24) is 9.80 Å². The van der Waals surface area contributed by atoms with Crippen LogP contribution < -0.4 is 0 Å². The van der Waals surface area contributed by atoms with Crippen LogP contribution in [0.4, 0.5) is 17.6 Å². The number of carbonyl (C=O) groups is 2. The van der Waals surface area contributed by atoms with Crippen molar-refractivity contribution in [3.63, 3.8) is 0 Å². The summed E-state index contributed by atoms with van der Waals surface area (Å²) in [6, 6.07) is 7.70. The number of nitrogens with zero attached hydrogens (tertiary/aromatic N) is 2. The van der Waals surface area contributed by atoms with E-state index in [2.05, 4.69) is 4.90 Å². The minimum Gasteiger partial charge on any atom is -0.478 e. The topological polar surface area (TPSA) is 90.3 Å². The number of piperidine rings is 1. The van der Waals surface area contributed by atoms with Crippen LogP contribution in [0.5, 0.6) is 0 Å². The van der Waals surface area contributed by atoms with Crippen molar-refractivity contribution in [2.75, 3.05) is 26.2 Å². The molecule has 43 heavy (non-hydrogen) atoms. The fourth-order valence-corrected chi connectivity index (χ4v) is 7.40. The first-order valence-corrected chi connectivity index (χ1v) is 14.9. The van der Waals surface area contributed by atoms with Crippen LogP contribution in [0.1, 0.15) is 84.0 Å². The SMILES string of the molecule is C[C@@]1(O)CN(C(=O)[C@@]2(C3CC3)CCC(N3CCC(c4ccc(F)c(C(=O)O)c4)CC3)CO2)Cc2cc(C(F)(F)F)ccc21. The fraction of sp³-hybridized carbons (Fsp3) is 0.562. The van der Waals surface area contributed by atoms with Gasteiger partial charge in [-0.25, -0.2) is 9.18 Å². The largest absolute Gasteiger partial charge is 0.478 e. The summed E-state index contributed by atoms with van der Waals surface area (Å²) < 4.78 is 60.6. The predicted molar refractivity (Wildman–Crippen MR) is 148 cm³/mol. The summed E-state index contributed by atoms with van der Waals surface area (Å²) in [4.78, 5) is 29.3. The summed E-state index contributed by atoms with van der Waals surface area (Å²) >= 11 is 0. The molecule has 0 bridgehead atoms. The van der Waals surface area contributed by atoms with Crippen LogP contribution in [0.3, 0.4) is 0 Å². The van der Waals surface area contributed by atoms with E-state index in [1.807, 2.05) is 0 Å². The third-order valence-electron chi connectivity index (χ3n) is 9.88. The molecule has 7 nitrogen and oxygen atoms in total. The molecule has 1 saturated carbocycles.